The van der Waals surface area contributed by atoms with Gasteiger partial charge in [0.25, 0.3) is 0 Å². The molecule has 0 aliphatic carbocycles. The fraction of sp³-hybridized carbons (Fsp3) is 0.429. The molecule has 0 fully saturated rings. The fourth-order valence-corrected chi connectivity index (χ4v) is 0.814. The van der Waals surface area contributed by atoms with Crippen LogP contribution in [0.15, 0.2) is 12.4 Å². The SMILES string of the molecule is N#CCc1cnn(CCO)c1. The standard InChI is InChI=1S/C7H9N3O/c8-2-1-7-5-9-10(6-7)3-4-11/h5-6,11H,1,3-4H2. The lowest BCUT2D eigenvalue weighted by molar-refractivity contribution is 0.269. The molecule has 0 saturated carbocycles. The van der Waals surface area contributed by atoms with Crippen molar-refractivity contribution in [3.8, 4) is 6.07 Å². The summed E-state index contributed by atoms with van der Waals surface area (Å²) in [4.78, 5) is 0. The van der Waals surface area contributed by atoms with E-state index < -0.39 is 0 Å². The van der Waals surface area contributed by atoms with E-state index >= 15 is 0 Å². The lowest BCUT2D eigenvalue weighted by Crippen LogP contribution is -2.01. The summed E-state index contributed by atoms with van der Waals surface area (Å²) in [5.74, 6) is 0. The maximum Gasteiger partial charge on any atom is 0.0670 e. The van der Waals surface area contributed by atoms with Crippen LogP contribution in [0.1, 0.15) is 5.56 Å². The van der Waals surface area contributed by atoms with Crippen molar-refractivity contribution in [2.75, 3.05) is 6.61 Å². The molecule has 0 amide bonds. The Hall–Kier alpha value is -1.34. The van der Waals surface area contributed by atoms with Crippen LogP contribution in [0.5, 0.6) is 0 Å². The Morgan fingerprint density at radius 2 is 2.55 bits per heavy atom. The van der Waals surface area contributed by atoms with Gasteiger partial charge in [-0.15, -0.1) is 0 Å². The second kappa shape index (κ2) is 3.74. The van der Waals surface area contributed by atoms with Gasteiger partial charge in [-0.1, -0.05) is 0 Å². The highest BCUT2D eigenvalue weighted by atomic mass is 16.3. The van der Waals surface area contributed by atoms with Crippen LogP contribution in [-0.2, 0) is 13.0 Å². The van der Waals surface area contributed by atoms with E-state index in [1.807, 2.05) is 6.07 Å². The molecular formula is C7H9N3O. The zero-order valence-electron chi connectivity index (χ0n) is 6.06. The molecule has 0 aromatic carbocycles. The van der Waals surface area contributed by atoms with E-state index in [9.17, 15) is 0 Å². The number of hydrogen-bond acceptors (Lipinski definition) is 3. The molecule has 0 spiro atoms. The Morgan fingerprint density at radius 3 is 3.18 bits per heavy atom. The fourth-order valence-electron chi connectivity index (χ4n) is 0.814. The van der Waals surface area contributed by atoms with Crippen molar-refractivity contribution in [1.82, 2.24) is 9.78 Å². The van der Waals surface area contributed by atoms with Gasteiger partial charge in [-0.2, -0.15) is 10.4 Å². The Balaban J connectivity index is 2.60. The van der Waals surface area contributed by atoms with Gasteiger partial charge < -0.3 is 5.11 Å². The molecular weight excluding hydrogens is 142 g/mol. The van der Waals surface area contributed by atoms with Crippen LogP contribution in [0.2, 0.25) is 0 Å². The molecule has 58 valence electrons. The third-order valence-electron chi connectivity index (χ3n) is 1.30. The molecule has 0 aliphatic rings. The summed E-state index contributed by atoms with van der Waals surface area (Å²) in [6, 6.07) is 2.02. The van der Waals surface area contributed by atoms with Crippen LogP contribution in [0.4, 0.5) is 0 Å². The minimum atomic E-state index is 0.0771. The second-order valence-electron chi connectivity index (χ2n) is 2.17. The predicted molar refractivity (Wildman–Crippen MR) is 38.6 cm³/mol. The molecule has 1 aromatic heterocycles. The lowest BCUT2D eigenvalue weighted by atomic mass is 10.3. The van der Waals surface area contributed by atoms with E-state index in [2.05, 4.69) is 5.10 Å². The van der Waals surface area contributed by atoms with E-state index in [0.29, 0.717) is 13.0 Å². The average molecular weight is 151 g/mol. The van der Waals surface area contributed by atoms with Crippen LogP contribution in [-0.4, -0.2) is 21.5 Å². The van der Waals surface area contributed by atoms with Gasteiger partial charge >= 0.3 is 0 Å². The molecule has 0 atom stereocenters. The smallest absolute Gasteiger partial charge is 0.0670 e. The van der Waals surface area contributed by atoms with Crippen molar-refractivity contribution in [3.05, 3.63) is 18.0 Å². The van der Waals surface area contributed by atoms with Gasteiger partial charge in [-0.05, 0) is 0 Å². The zero-order valence-corrected chi connectivity index (χ0v) is 6.06. The number of nitrogens with zero attached hydrogens (tertiary/aromatic N) is 3. The van der Waals surface area contributed by atoms with E-state index in [4.69, 9.17) is 10.4 Å². The van der Waals surface area contributed by atoms with Gasteiger partial charge in [-0.25, -0.2) is 0 Å². The topological polar surface area (TPSA) is 61.8 Å². The normalized spacial score (nSPS) is 9.45. The second-order valence-corrected chi connectivity index (χ2v) is 2.17. The highest BCUT2D eigenvalue weighted by Gasteiger charge is 1.95. The Bertz CT molecular complexity index is 261. The summed E-state index contributed by atoms with van der Waals surface area (Å²) in [7, 11) is 0. The molecule has 11 heavy (non-hydrogen) atoms. The van der Waals surface area contributed by atoms with Crippen molar-refractivity contribution in [2.24, 2.45) is 0 Å². The first-order valence-corrected chi connectivity index (χ1v) is 3.36. The third-order valence-corrected chi connectivity index (χ3v) is 1.30. The summed E-state index contributed by atoms with van der Waals surface area (Å²) in [6.45, 7) is 0.569. The first-order chi connectivity index (χ1) is 5.36. The van der Waals surface area contributed by atoms with Crippen LogP contribution in [0.3, 0.4) is 0 Å². The van der Waals surface area contributed by atoms with Crippen LogP contribution in [0, 0.1) is 11.3 Å². The molecule has 1 heterocycles. The minimum absolute atomic E-state index is 0.0771. The summed E-state index contributed by atoms with van der Waals surface area (Å²) in [5.41, 5.74) is 0.890. The van der Waals surface area contributed by atoms with E-state index in [0.717, 1.165) is 5.56 Å². The van der Waals surface area contributed by atoms with E-state index in [1.54, 1.807) is 17.1 Å². The molecule has 0 bridgehead atoms. The number of aliphatic hydroxyl groups excluding tert-OH is 1. The van der Waals surface area contributed by atoms with Crippen molar-refractivity contribution in [1.29, 1.82) is 5.26 Å². The Morgan fingerprint density at radius 1 is 1.73 bits per heavy atom. The quantitative estimate of drug-likeness (QED) is 0.658. The molecule has 1 N–H and O–H groups in total. The number of nitriles is 1. The molecule has 0 aliphatic heterocycles. The minimum Gasteiger partial charge on any atom is -0.394 e. The molecule has 0 saturated heterocycles. The number of rotatable bonds is 3. The molecule has 4 nitrogen and oxygen atoms in total. The highest BCUT2D eigenvalue weighted by molar-refractivity contribution is 5.09. The van der Waals surface area contributed by atoms with E-state index in [-0.39, 0.29) is 6.61 Å². The molecule has 1 aromatic rings. The summed E-state index contributed by atoms with van der Waals surface area (Å²) < 4.78 is 1.62. The van der Waals surface area contributed by atoms with Crippen molar-refractivity contribution in [3.63, 3.8) is 0 Å². The first-order valence-electron chi connectivity index (χ1n) is 3.36. The summed E-state index contributed by atoms with van der Waals surface area (Å²) in [5, 5.41) is 20.8. The lowest BCUT2D eigenvalue weighted by Gasteiger charge is -1.93. The monoisotopic (exact) mass is 151 g/mol. The summed E-state index contributed by atoms with van der Waals surface area (Å²) >= 11 is 0. The third kappa shape index (κ3) is 2.06. The van der Waals surface area contributed by atoms with Crippen LogP contribution < -0.4 is 0 Å². The molecule has 0 radical (unpaired) electrons. The van der Waals surface area contributed by atoms with Crippen molar-refractivity contribution in [2.45, 2.75) is 13.0 Å². The Kier molecular flexibility index (Phi) is 2.64. The number of hydrogen-bond donors (Lipinski definition) is 1. The molecule has 1 rings (SSSR count). The zero-order chi connectivity index (χ0) is 8.10. The van der Waals surface area contributed by atoms with Gasteiger partial charge in [-0.3, -0.25) is 4.68 Å². The molecule has 4 heteroatoms. The van der Waals surface area contributed by atoms with Gasteiger partial charge in [0.1, 0.15) is 0 Å². The predicted octanol–water partition coefficient (Wildman–Crippen LogP) is -0.0585. The number of aromatic nitrogens is 2. The maximum atomic E-state index is 8.53. The maximum absolute atomic E-state index is 8.53. The van der Waals surface area contributed by atoms with Crippen LogP contribution >= 0.6 is 0 Å². The van der Waals surface area contributed by atoms with Crippen molar-refractivity contribution >= 4 is 0 Å². The first kappa shape index (κ1) is 7.76. The Labute approximate surface area is 64.7 Å². The van der Waals surface area contributed by atoms with Gasteiger partial charge in [0.05, 0.1) is 31.8 Å². The number of aliphatic hydroxyl groups is 1. The largest absolute Gasteiger partial charge is 0.394 e. The summed E-state index contributed by atoms with van der Waals surface area (Å²) in [6.07, 6.45) is 3.78. The average Bonchev–Trinajstić information content (AvgIpc) is 2.38. The van der Waals surface area contributed by atoms with Gasteiger partial charge in [0.2, 0.25) is 0 Å². The molecule has 0 unspecified atom stereocenters. The highest BCUT2D eigenvalue weighted by Crippen LogP contribution is 1.96. The van der Waals surface area contributed by atoms with Gasteiger partial charge in [0, 0.05) is 11.8 Å². The van der Waals surface area contributed by atoms with Crippen LogP contribution in [0.25, 0.3) is 0 Å². The van der Waals surface area contributed by atoms with Crippen molar-refractivity contribution < 1.29 is 5.11 Å². The van der Waals surface area contributed by atoms with E-state index in [1.165, 1.54) is 0 Å². The van der Waals surface area contributed by atoms with Gasteiger partial charge in [0.15, 0.2) is 0 Å².